The fourth-order valence-electron chi connectivity index (χ4n) is 3.10. The fourth-order valence-corrected chi connectivity index (χ4v) is 3.10. The molecule has 1 aliphatic carbocycles. The lowest BCUT2D eigenvalue weighted by Gasteiger charge is -2.40. The van der Waals surface area contributed by atoms with E-state index in [0.717, 1.165) is 30.7 Å². The van der Waals surface area contributed by atoms with Gasteiger partial charge < -0.3 is 4.90 Å². The number of rotatable bonds is 4. The van der Waals surface area contributed by atoms with Crippen LogP contribution >= 0.6 is 0 Å². The van der Waals surface area contributed by atoms with Gasteiger partial charge >= 0.3 is 0 Å². The molecule has 0 aliphatic heterocycles. The second kappa shape index (κ2) is 5.53. The van der Waals surface area contributed by atoms with Crippen molar-refractivity contribution < 1.29 is 4.79 Å². The Morgan fingerprint density at radius 1 is 1.40 bits per heavy atom. The van der Waals surface area contributed by atoms with Crippen LogP contribution in [0, 0.1) is 17.8 Å². The highest BCUT2D eigenvalue weighted by atomic mass is 16.1. The first-order chi connectivity index (χ1) is 7.10. The van der Waals surface area contributed by atoms with E-state index in [1.807, 2.05) is 4.90 Å². The van der Waals surface area contributed by atoms with Crippen LogP contribution in [0.25, 0.3) is 0 Å². The number of carbonyl (C=O) groups excluding carboxylic acids is 1. The SMILES string of the molecule is CCN(C=O)C1CCC(C(C)C)C(C)C1. The van der Waals surface area contributed by atoms with Crippen molar-refractivity contribution >= 4 is 6.41 Å². The molecule has 3 atom stereocenters. The lowest BCUT2D eigenvalue weighted by molar-refractivity contribution is -0.121. The Hall–Kier alpha value is -0.530. The molecule has 0 aromatic rings. The van der Waals surface area contributed by atoms with Gasteiger partial charge in [0.05, 0.1) is 0 Å². The Kier molecular flexibility index (Phi) is 4.62. The number of amides is 1. The zero-order valence-corrected chi connectivity index (χ0v) is 10.6. The fraction of sp³-hybridized carbons (Fsp3) is 0.923. The number of carbonyl (C=O) groups is 1. The first kappa shape index (κ1) is 12.5. The van der Waals surface area contributed by atoms with E-state index in [2.05, 4.69) is 27.7 Å². The molecule has 1 amide bonds. The molecule has 1 rings (SSSR count). The summed E-state index contributed by atoms with van der Waals surface area (Å²) in [5.41, 5.74) is 0. The van der Waals surface area contributed by atoms with E-state index in [1.54, 1.807) is 0 Å². The first-order valence-electron chi connectivity index (χ1n) is 6.31. The minimum Gasteiger partial charge on any atom is -0.343 e. The van der Waals surface area contributed by atoms with Gasteiger partial charge in [-0.05, 0) is 43.9 Å². The molecule has 2 heteroatoms. The summed E-state index contributed by atoms with van der Waals surface area (Å²) in [4.78, 5) is 12.8. The Balaban J connectivity index is 2.53. The largest absolute Gasteiger partial charge is 0.343 e. The van der Waals surface area contributed by atoms with Gasteiger partial charge in [-0.25, -0.2) is 0 Å². The quantitative estimate of drug-likeness (QED) is 0.655. The van der Waals surface area contributed by atoms with Crippen molar-refractivity contribution in [3.05, 3.63) is 0 Å². The van der Waals surface area contributed by atoms with E-state index >= 15 is 0 Å². The molecule has 15 heavy (non-hydrogen) atoms. The summed E-state index contributed by atoms with van der Waals surface area (Å²) in [6.07, 6.45) is 4.69. The van der Waals surface area contributed by atoms with Crippen LogP contribution in [0.3, 0.4) is 0 Å². The molecule has 0 heterocycles. The summed E-state index contributed by atoms with van der Waals surface area (Å²) in [7, 11) is 0. The Labute approximate surface area is 94.0 Å². The van der Waals surface area contributed by atoms with Crippen molar-refractivity contribution in [2.75, 3.05) is 6.54 Å². The second-order valence-electron chi connectivity index (χ2n) is 5.29. The smallest absolute Gasteiger partial charge is 0.209 e. The zero-order chi connectivity index (χ0) is 11.4. The maximum Gasteiger partial charge on any atom is 0.209 e. The van der Waals surface area contributed by atoms with E-state index in [1.165, 1.54) is 19.3 Å². The highest BCUT2D eigenvalue weighted by Crippen LogP contribution is 2.36. The molecule has 3 unspecified atom stereocenters. The number of nitrogens with zero attached hydrogens (tertiary/aromatic N) is 1. The number of hydrogen-bond donors (Lipinski definition) is 0. The molecule has 0 saturated heterocycles. The van der Waals surface area contributed by atoms with Gasteiger partial charge in [-0.15, -0.1) is 0 Å². The maximum atomic E-state index is 10.9. The van der Waals surface area contributed by atoms with Gasteiger partial charge in [0.15, 0.2) is 0 Å². The standard InChI is InChI=1S/C13H25NO/c1-5-14(9-15)12-6-7-13(10(2)3)11(4)8-12/h9-13H,5-8H2,1-4H3. The monoisotopic (exact) mass is 211 g/mol. The molecule has 1 aliphatic rings. The van der Waals surface area contributed by atoms with Crippen molar-refractivity contribution in [2.45, 2.75) is 53.0 Å². The molecule has 0 bridgehead atoms. The molecule has 0 spiro atoms. The topological polar surface area (TPSA) is 20.3 Å². The van der Waals surface area contributed by atoms with Crippen LogP contribution in [0.15, 0.2) is 0 Å². The molecule has 0 radical (unpaired) electrons. The molecule has 1 fully saturated rings. The molecule has 2 nitrogen and oxygen atoms in total. The van der Waals surface area contributed by atoms with Gasteiger partial charge in [0.1, 0.15) is 0 Å². The van der Waals surface area contributed by atoms with Crippen LogP contribution in [-0.4, -0.2) is 23.9 Å². The Morgan fingerprint density at radius 2 is 2.07 bits per heavy atom. The van der Waals surface area contributed by atoms with Gasteiger partial charge in [-0.3, -0.25) is 4.79 Å². The van der Waals surface area contributed by atoms with E-state index in [4.69, 9.17) is 0 Å². The predicted molar refractivity (Wildman–Crippen MR) is 63.6 cm³/mol. The normalized spacial score (nSPS) is 31.7. The predicted octanol–water partition coefficient (Wildman–Crippen LogP) is 2.93. The minimum absolute atomic E-state index is 0.498. The molecule has 0 aromatic heterocycles. The third kappa shape index (κ3) is 2.96. The van der Waals surface area contributed by atoms with Crippen LogP contribution < -0.4 is 0 Å². The van der Waals surface area contributed by atoms with Crippen LogP contribution in [-0.2, 0) is 4.79 Å². The Morgan fingerprint density at radius 3 is 2.47 bits per heavy atom. The molecule has 0 N–H and O–H groups in total. The highest BCUT2D eigenvalue weighted by Gasteiger charge is 2.31. The van der Waals surface area contributed by atoms with Gasteiger partial charge in [0, 0.05) is 12.6 Å². The number of hydrogen-bond acceptors (Lipinski definition) is 1. The van der Waals surface area contributed by atoms with Crippen molar-refractivity contribution in [2.24, 2.45) is 17.8 Å². The summed E-state index contributed by atoms with van der Waals surface area (Å²) in [5, 5.41) is 0. The van der Waals surface area contributed by atoms with Gasteiger partial charge in [-0.1, -0.05) is 20.8 Å². The average molecular weight is 211 g/mol. The average Bonchev–Trinajstić information content (AvgIpc) is 2.19. The van der Waals surface area contributed by atoms with Crippen LogP contribution in [0.4, 0.5) is 0 Å². The third-order valence-electron chi connectivity index (χ3n) is 4.03. The van der Waals surface area contributed by atoms with Crippen LogP contribution in [0.2, 0.25) is 0 Å². The highest BCUT2D eigenvalue weighted by molar-refractivity contribution is 5.47. The van der Waals surface area contributed by atoms with Gasteiger partial charge in [0.2, 0.25) is 6.41 Å². The minimum atomic E-state index is 0.498. The molecule has 88 valence electrons. The van der Waals surface area contributed by atoms with E-state index < -0.39 is 0 Å². The molecule has 1 saturated carbocycles. The summed E-state index contributed by atoms with van der Waals surface area (Å²) in [6.45, 7) is 9.90. The summed E-state index contributed by atoms with van der Waals surface area (Å²) in [5.74, 6) is 2.40. The van der Waals surface area contributed by atoms with Crippen molar-refractivity contribution in [3.8, 4) is 0 Å². The van der Waals surface area contributed by atoms with Crippen molar-refractivity contribution in [3.63, 3.8) is 0 Å². The molecular formula is C13H25NO. The second-order valence-corrected chi connectivity index (χ2v) is 5.29. The lowest BCUT2D eigenvalue weighted by atomic mass is 9.72. The van der Waals surface area contributed by atoms with Gasteiger partial charge in [-0.2, -0.15) is 0 Å². The summed E-state index contributed by atoms with van der Waals surface area (Å²) >= 11 is 0. The summed E-state index contributed by atoms with van der Waals surface area (Å²) < 4.78 is 0. The summed E-state index contributed by atoms with van der Waals surface area (Å²) in [6, 6.07) is 0.498. The lowest BCUT2D eigenvalue weighted by Crippen LogP contribution is -2.40. The molecule has 0 aromatic carbocycles. The maximum absolute atomic E-state index is 10.9. The van der Waals surface area contributed by atoms with E-state index in [-0.39, 0.29) is 0 Å². The third-order valence-corrected chi connectivity index (χ3v) is 4.03. The van der Waals surface area contributed by atoms with Gasteiger partial charge in [0.25, 0.3) is 0 Å². The van der Waals surface area contributed by atoms with E-state index in [0.29, 0.717) is 6.04 Å². The Bertz CT molecular complexity index is 203. The van der Waals surface area contributed by atoms with E-state index in [9.17, 15) is 4.79 Å². The van der Waals surface area contributed by atoms with Crippen LogP contribution in [0.5, 0.6) is 0 Å². The van der Waals surface area contributed by atoms with Crippen LogP contribution in [0.1, 0.15) is 47.0 Å². The van der Waals surface area contributed by atoms with Crippen molar-refractivity contribution in [1.82, 2.24) is 4.90 Å². The van der Waals surface area contributed by atoms with Crippen molar-refractivity contribution in [1.29, 1.82) is 0 Å². The first-order valence-corrected chi connectivity index (χ1v) is 6.31. The molecular weight excluding hydrogens is 186 g/mol. The zero-order valence-electron chi connectivity index (χ0n) is 10.6.